The molecule has 35 heavy (non-hydrogen) atoms. The number of aliphatic imine (C=N–C) groups is 1. The molecule has 0 spiro atoms. The minimum Gasteiger partial charge on any atom is -0.379 e. The third kappa shape index (κ3) is 5.59. The van der Waals surface area contributed by atoms with Crippen LogP contribution in [0.3, 0.4) is 0 Å². The molecule has 0 amide bonds. The predicted octanol–water partition coefficient (Wildman–Crippen LogP) is 4.52. The summed E-state index contributed by atoms with van der Waals surface area (Å²) in [6.07, 6.45) is 0. The van der Waals surface area contributed by atoms with Gasteiger partial charge in [-0.1, -0.05) is 41.2 Å². The molecular weight excluding hydrogens is 478 g/mol. The Morgan fingerprint density at radius 3 is 2.71 bits per heavy atom. The first-order chi connectivity index (χ1) is 17.1. The monoisotopic (exact) mass is 507 g/mol. The van der Waals surface area contributed by atoms with Gasteiger partial charge in [0.1, 0.15) is 0 Å². The van der Waals surface area contributed by atoms with Crippen molar-refractivity contribution in [2.24, 2.45) is 4.99 Å². The molecule has 1 saturated heterocycles. The van der Waals surface area contributed by atoms with Crippen molar-refractivity contribution in [1.82, 2.24) is 19.7 Å². The number of thioether (sulfide) groups is 1. The lowest BCUT2D eigenvalue weighted by molar-refractivity contribution is 0.0394. The fraction of sp³-hybridized carbons (Fsp3) is 0.346. The van der Waals surface area contributed by atoms with Crippen molar-refractivity contribution in [3.05, 3.63) is 75.7 Å². The molecule has 0 saturated carbocycles. The van der Waals surface area contributed by atoms with Gasteiger partial charge in [0.05, 0.1) is 41.2 Å². The molecule has 0 bridgehead atoms. The molecule has 2 aromatic carbocycles. The lowest BCUT2D eigenvalue weighted by Crippen LogP contribution is -2.37. The first-order valence-corrected chi connectivity index (χ1v) is 13.6. The van der Waals surface area contributed by atoms with E-state index in [-0.39, 0.29) is 5.56 Å². The zero-order valence-electron chi connectivity index (χ0n) is 20.0. The van der Waals surface area contributed by atoms with Crippen LogP contribution < -0.4 is 5.56 Å². The Balaban J connectivity index is 1.44. The summed E-state index contributed by atoms with van der Waals surface area (Å²) < 4.78 is 8.06. The van der Waals surface area contributed by atoms with Crippen molar-refractivity contribution in [2.75, 3.05) is 39.4 Å². The number of benzene rings is 2. The molecule has 9 heteroatoms. The maximum Gasteiger partial charge on any atom is 0.282 e. The lowest BCUT2D eigenvalue weighted by atomic mass is 10.2. The molecule has 1 aliphatic rings. The first-order valence-electron chi connectivity index (χ1n) is 11.8. The highest BCUT2D eigenvalue weighted by atomic mass is 32.2. The number of aromatic amines is 1. The van der Waals surface area contributed by atoms with Crippen LogP contribution in [0, 0.1) is 6.92 Å². The molecule has 0 aliphatic carbocycles. The minimum absolute atomic E-state index is 0.101. The molecule has 0 radical (unpaired) electrons. The standard InChI is InChI=1S/C26H29N5O2S2/c1-18-7-9-20(10-8-18)34-17-22-24(19(2)27-11-12-30-13-15-33-16-14-30)25(32)31(29-22)26-28-21-5-3-4-6-23(21)35-26/h3-10,29H,11-17H2,1-2H3. The van der Waals surface area contributed by atoms with E-state index in [1.165, 1.54) is 16.9 Å². The second-order valence-electron chi connectivity index (χ2n) is 8.59. The average molecular weight is 508 g/mol. The van der Waals surface area contributed by atoms with Crippen molar-refractivity contribution < 1.29 is 4.74 Å². The molecule has 182 valence electrons. The van der Waals surface area contributed by atoms with E-state index in [2.05, 4.69) is 41.2 Å². The largest absolute Gasteiger partial charge is 0.379 e. The number of H-pyrrole nitrogens is 1. The highest BCUT2D eigenvalue weighted by Gasteiger charge is 2.20. The van der Waals surface area contributed by atoms with Crippen LogP contribution in [0.4, 0.5) is 0 Å². The Kier molecular flexibility index (Phi) is 7.48. The molecular formula is C26H29N5O2S2. The Hall–Kier alpha value is -2.72. The molecule has 1 N–H and O–H groups in total. The van der Waals surface area contributed by atoms with Crippen LogP contribution in [-0.2, 0) is 10.5 Å². The van der Waals surface area contributed by atoms with Crippen molar-refractivity contribution in [1.29, 1.82) is 0 Å². The van der Waals surface area contributed by atoms with E-state index in [0.29, 0.717) is 23.0 Å². The van der Waals surface area contributed by atoms with Gasteiger partial charge in [-0.15, -0.1) is 11.8 Å². The summed E-state index contributed by atoms with van der Waals surface area (Å²) in [5, 5.41) is 4.00. The zero-order chi connectivity index (χ0) is 24.2. The van der Waals surface area contributed by atoms with Crippen molar-refractivity contribution in [3.8, 4) is 5.13 Å². The molecule has 3 heterocycles. The molecule has 0 atom stereocenters. The third-order valence-electron chi connectivity index (χ3n) is 6.07. The summed E-state index contributed by atoms with van der Waals surface area (Å²) in [4.78, 5) is 26.6. The van der Waals surface area contributed by atoms with Gasteiger partial charge >= 0.3 is 0 Å². The van der Waals surface area contributed by atoms with Gasteiger partial charge in [-0.3, -0.25) is 19.8 Å². The van der Waals surface area contributed by atoms with E-state index in [4.69, 9.17) is 14.7 Å². The Morgan fingerprint density at radius 2 is 1.94 bits per heavy atom. The number of nitrogens with one attached hydrogen (secondary N) is 1. The number of morpholine rings is 1. The maximum atomic E-state index is 13.6. The van der Waals surface area contributed by atoms with Gasteiger partial charge < -0.3 is 4.74 Å². The molecule has 1 aliphatic heterocycles. The lowest BCUT2D eigenvalue weighted by Gasteiger charge is -2.25. The summed E-state index contributed by atoms with van der Waals surface area (Å²) in [5.74, 6) is 0.641. The predicted molar refractivity (Wildman–Crippen MR) is 145 cm³/mol. The smallest absolute Gasteiger partial charge is 0.282 e. The number of nitrogens with zero attached hydrogens (tertiary/aromatic N) is 4. The third-order valence-corrected chi connectivity index (χ3v) is 8.13. The number of hydrogen-bond acceptors (Lipinski definition) is 7. The summed E-state index contributed by atoms with van der Waals surface area (Å²) in [6.45, 7) is 8.95. The minimum atomic E-state index is -0.101. The van der Waals surface area contributed by atoms with E-state index in [1.54, 1.807) is 16.4 Å². The van der Waals surface area contributed by atoms with Crippen LogP contribution in [0.2, 0.25) is 0 Å². The number of fused-ring (bicyclic) bond motifs is 1. The molecule has 0 unspecified atom stereocenters. The second kappa shape index (κ2) is 10.9. The molecule has 7 nitrogen and oxygen atoms in total. The van der Waals surface area contributed by atoms with Gasteiger partial charge in [0.15, 0.2) is 0 Å². The number of rotatable bonds is 8. The number of ether oxygens (including phenoxy) is 1. The number of aromatic nitrogens is 3. The fourth-order valence-corrected chi connectivity index (χ4v) is 5.88. The number of hydrogen-bond donors (Lipinski definition) is 1. The normalized spacial score (nSPS) is 15.2. The van der Waals surface area contributed by atoms with E-state index in [9.17, 15) is 4.79 Å². The second-order valence-corrected chi connectivity index (χ2v) is 10.7. The Morgan fingerprint density at radius 1 is 1.17 bits per heavy atom. The molecule has 1 fully saturated rings. The summed E-state index contributed by atoms with van der Waals surface area (Å²) in [7, 11) is 0. The van der Waals surface area contributed by atoms with Crippen LogP contribution in [-0.4, -0.2) is 64.8 Å². The molecule has 4 aromatic rings. The van der Waals surface area contributed by atoms with Crippen LogP contribution >= 0.6 is 23.1 Å². The van der Waals surface area contributed by atoms with E-state index in [0.717, 1.165) is 59.4 Å². The van der Waals surface area contributed by atoms with Gasteiger partial charge in [0.2, 0.25) is 5.13 Å². The zero-order valence-corrected chi connectivity index (χ0v) is 21.6. The molecule has 2 aromatic heterocycles. The van der Waals surface area contributed by atoms with Crippen LogP contribution in [0.1, 0.15) is 23.7 Å². The highest BCUT2D eigenvalue weighted by Crippen LogP contribution is 2.26. The summed E-state index contributed by atoms with van der Waals surface area (Å²) in [6, 6.07) is 16.4. The number of para-hydroxylation sites is 1. The summed E-state index contributed by atoms with van der Waals surface area (Å²) in [5.41, 5.74) is 4.30. The van der Waals surface area contributed by atoms with Crippen LogP contribution in [0.15, 0.2) is 63.2 Å². The fourth-order valence-electron chi connectivity index (χ4n) is 4.10. The van der Waals surface area contributed by atoms with Gasteiger partial charge in [-0.25, -0.2) is 4.98 Å². The SMILES string of the molecule is CC(=NCCN1CCOCC1)c1c(CSc2ccc(C)cc2)[nH]n(-c2nc3ccccc3s2)c1=O. The average Bonchev–Trinajstić information content (AvgIpc) is 3.45. The van der Waals surface area contributed by atoms with Crippen LogP contribution in [0.25, 0.3) is 15.3 Å². The topological polar surface area (TPSA) is 75.5 Å². The van der Waals surface area contributed by atoms with Gasteiger partial charge in [0, 0.05) is 36.0 Å². The Labute approximate surface area is 212 Å². The quantitative estimate of drug-likeness (QED) is 0.280. The van der Waals surface area contributed by atoms with Gasteiger partial charge in [-0.05, 0) is 38.1 Å². The van der Waals surface area contributed by atoms with Crippen molar-refractivity contribution >= 4 is 39.0 Å². The van der Waals surface area contributed by atoms with E-state index < -0.39 is 0 Å². The summed E-state index contributed by atoms with van der Waals surface area (Å²) >= 11 is 3.21. The number of aryl methyl sites for hydroxylation is 1. The molecule has 5 rings (SSSR count). The number of thiazole rings is 1. The van der Waals surface area contributed by atoms with E-state index in [1.807, 2.05) is 31.2 Å². The van der Waals surface area contributed by atoms with E-state index >= 15 is 0 Å². The maximum absolute atomic E-state index is 13.6. The van der Waals surface area contributed by atoms with Crippen molar-refractivity contribution in [3.63, 3.8) is 0 Å². The van der Waals surface area contributed by atoms with Crippen molar-refractivity contribution in [2.45, 2.75) is 24.5 Å². The first kappa shape index (κ1) is 24.0. The highest BCUT2D eigenvalue weighted by molar-refractivity contribution is 7.98. The van der Waals surface area contributed by atoms with Gasteiger partial charge in [-0.2, -0.15) is 4.68 Å². The Bertz CT molecular complexity index is 1350. The van der Waals surface area contributed by atoms with Crippen LogP contribution in [0.5, 0.6) is 0 Å². The van der Waals surface area contributed by atoms with Gasteiger partial charge in [0.25, 0.3) is 5.56 Å².